The van der Waals surface area contributed by atoms with Crippen LogP contribution < -0.4 is 10.5 Å². The van der Waals surface area contributed by atoms with E-state index in [1.165, 1.54) is 32.4 Å². The fourth-order valence-electron chi connectivity index (χ4n) is 3.00. The van der Waals surface area contributed by atoms with Crippen LogP contribution in [0.1, 0.15) is 55.8 Å². The predicted molar refractivity (Wildman–Crippen MR) is 95.5 cm³/mol. The van der Waals surface area contributed by atoms with Crippen molar-refractivity contribution in [2.45, 2.75) is 45.4 Å². The lowest BCUT2D eigenvalue weighted by Gasteiger charge is -2.26. The number of nitrogen functional groups attached to an aromatic ring is 1. The first-order valence-corrected chi connectivity index (χ1v) is 8.97. The van der Waals surface area contributed by atoms with Crippen LogP contribution in [0.4, 0.5) is 5.69 Å². The van der Waals surface area contributed by atoms with Crippen LogP contribution in [0.15, 0.2) is 12.1 Å². The molecule has 4 nitrogen and oxygen atoms in total. The van der Waals surface area contributed by atoms with Gasteiger partial charge in [0.2, 0.25) is 0 Å². The number of nitrogens with zero attached hydrogens (tertiary/aromatic N) is 1. The first-order chi connectivity index (χ1) is 11.1. The number of ether oxygens (including phenoxy) is 1. The van der Waals surface area contributed by atoms with Crippen LogP contribution in [0, 0.1) is 0 Å². The number of nitrogens with two attached hydrogens (primary N) is 1. The maximum Gasteiger partial charge on any atom is 0.166 e. The molecule has 1 aliphatic heterocycles. The second kappa shape index (κ2) is 9.14. The number of piperidine rings is 1. The lowest BCUT2D eigenvalue weighted by atomic mass is 10.0. The SMILES string of the molecule is CCOc1cc(N)c(Cl)cc1C(=O)CCCCN1CCCCC1. The molecule has 0 radical (unpaired) electrons. The molecule has 0 unspecified atom stereocenters. The minimum absolute atomic E-state index is 0.0778. The summed E-state index contributed by atoms with van der Waals surface area (Å²) >= 11 is 6.05. The van der Waals surface area contributed by atoms with E-state index in [2.05, 4.69) is 4.90 Å². The molecule has 0 amide bonds. The Balaban J connectivity index is 1.85. The summed E-state index contributed by atoms with van der Waals surface area (Å²) in [5.41, 5.74) is 6.78. The molecule has 0 atom stereocenters. The van der Waals surface area contributed by atoms with Gasteiger partial charge in [0.1, 0.15) is 5.75 Å². The van der Waals surface area contributed by atoms with Gasteiger partial charge in [0.05, 0.1) is 22.9 Å². The van der Waals surface area contributed by atoms with Gasteiger partial charge in [0, 0.05) is 12.5 Å². The minimum Gasteiger partial charge on any atom is -0.493 e. The highest BCUT2D eigenvalue weighted by Gasteiger charge is 2.16. The standard InChI is InChI=1S/C18H27ClN2O2/c1-2-23-18-13-16(20)15(19)12-14(18)17(22)8-4-7-11-21-9-5-3-6-10-21/h12-13H,2-11,20H2,1H3. The third-order valence-corrected chi connectivity index (χ3v) is 4.60. The van der Waals surface area contributed by atoms with Crippen LogP contribution in [0.5, 0.6) is 5.75 Å². The Hall–Kier alpha value is -1.26. The van der Waals surface area contributed by atoms with Crippen LogP contribution in [-0.4, -0.2) is 36.9 Å². The Bertz CT molecular complexity index is 528. The summed E-state index contributed by atoms with van der Waals surface area (Å²) in [7, 11) is 0. The normalized spacial score (nSPS) is 15.6. The number of benzene rings is 1. The lowest BCUT2D eigenvalue weighted by molar-refractivity contribution is 0.0973. The summed E-state index contributed by atoms with van der Waals surface area (Å²) < 4.78 is 5.53. The van der Waals surface area contributed by atoms with Crippen molar-refractivity contribution in [2.24, 2.45) is 0 Å². The zero-order chi connectivity index (χ0) is 16.7. The van der Waals surface area contributed by atoms with Crippen molar-refractivity contribution in [1.29, 1.82) is 0 Å². The molecule has 1 heterocycles. The first-order valence-electron chi connectivity index (χ1n) is 8.59. The Morgan fingerprint density at radius 1 is 1.26 bits per heavy atom. The number of hydrogen-bond donors (Lipinski definition) is 1. The van der Waals surface area contributed by atoms with Gasteiger partial charge >= 0.3 is 0 Å². The second-order valence-electron chi connectivity index (χ2n) is 6.09. The van der Waals surface area contributed by atoms with E-state index in [9.17, 15) is 4.79 Å². The molecule has 0 spiro atoms. The number of anilines is 1. The Morgan fingerprint density at radius 3 is 2.70 bits per heavy atom. The van der Waals surface area contributed by atoms with Crippen molar-refractivity contribution in [3.05, 3.63) is 22.7 Å². The third-order valence-electron chi connectivity index (χ3n) is 4.28. The summed E-state index contributed by atoms with van der Waals surface area (Å²) in [6.45, 7) is 5.88. The maximum absolute atomic E-state index is 12.5. The fourth-order valence-corrected chi connectivity index (χ4v) is 3.16. The van der Waals surface area contributed by atoms with E-state index < -0.39 is 0 Å². The van der Waals surface area contributed by atoms with Gasteiger partial charge in [-0.05, 0) is 58.3 Å². The van der Waals surface area contributed by atoms with E-state index in [1.54, 1.807) is 12.1 Å². The molecule has 0 aromatic heterocycles. The molecule has 23 heavy (non-hydrogen) atoms. The van der Waals surface area contributed by atoms with Crippen molar-refractivity contribution in [3.63, 3.8) is 0 Å². The topological polar surface area (TPSA) is 55.6 Å². The number of unbranched alkanes of at least 4 members (excludes halogenated alkanes) is 1. The van der Waals surface area contributed by atoms with Gasteiger partial charge in [-0.25, -0.2) is 0 Å². The molecular weight excluding hydrogens is 312 g/mol. The molecule has 0 bridgehead atoms. The molecule has 1 fully saturated rings. The zero-order valence-electron chi connectivity index (χ0n) is 13.9. The summed E-state index contributed by atoms with van der Waals surface area (Å²) in [4.78, 5) is 15.0. The fraction of sp³-hybridized carbons (Fsp3) is 0.611. The second-order valence-corrected chi connectivity index (χ2v) is 6.49. The third kappa shape index (κ3) is 5.40. The van der Waals surface area contributed by atoms with Gasteiger partial charge < -0.3 is 15.4 Å². The maximum atomic E-state index is 12.5. The van der Waals surface area contributed by atoms with E-state index >= 15 is 0 Å². The molecule has 0 aliphatic carbocycles. The largest absolute Gasteiger partial charge is 0.493 e. The van der Waals surface area contributed by atoms with Crippen LogP contribution in [0.2, 0.25) is 5.02 Å². The number of halogens is 1. The Kier molecular flexibility index (Phi) is 7.18. The molecular formula is C18H27ClN2O2. The predicted octanol–water partition coefficient (Wildman–Crippen LogP) is 4.16. The van der Waals surface area contributed by atoms with E-state index in [4.69, 9.17) is 22.1 Å². The number of Topliss-reactive ketones (excluding diaryl/α,β-unsaturated/α-hetero) is 1. The number of ketones is 1. The van der Waals surface area contributed by atoms with Crippen molar-refractivity contribution in [1.82, 2.24) is 4.90 Å². The van der Waals surface area contributed by atoms with E-state index in [0.717, 1.165) is 19.4 Å². The van der Waals surface area contributed by atoms with Gasteiger partial charge in [0.25, 0.3) is 0 Å². The molecule has 1 aromatic rings. The smallest absolute Gasteiger partial charge is 0.166 e. The van der Waals surface area contributed by atoms with Crippen LogP contribution in [-0.2, 0) is 0 Å². The lowest BCUT2D eigenvalue weighted by Crippen LogP contribution is -2.30. The van der Waals surface area contributed by atoms with Crippen molar-refractivity contribution < 1.29 is 9.53 Å². The number of carbonyl (C=O) groups excluding carboxylic acids is 1. The van der Waals surface area contributed by atoms with Crippen LogP contribution in [0.25, 0.3) is 0 Å². The van der Waals surface area contributed by atoms with E-state index in [1.807, 2.05) is 6.92 Å². The molecule has 1 saturated heterocycles. The average molecular weight is 339 g/mol. The molecule has 0 saturated carbocycles. The average Bonchev–Trinajstić information content (AvgIpc) is 2.56. The van der Waals surface area contributed by atoms with Gasteiger partial charge in [-0.2, -0.15) is 0 Å². The van der Waals surface area contributed by atoms with Crippen molar-refractivity contribution in [3.8, 4) is 5.75 Å². The summed E-state index contributed by atoms with van der Waals surface area (Å²) in [5, 5.41) is 0.408. The van der Waals surface area contributed by atoms with Crippen molar-refractivity contribution in [2.75, 3.05) is 32.0 Å². The number of hydrogen-bond acceptors (Lipinski definition) is 4. The van der Waals surface area contributed by atoms with Crippen LogP contribution in [0.3, 0.4) is 0 Å². The highest BCUT2D eigenvalue weighted by Crippen LogP contribution is 2.30. The van der Waals surface area contributed by atoms with Gasteiger partial charge in [-0.1, -0.05) is 18.0 Å². The number of likely N-dealkylation sites (tertiary alicyclic amines) is 1. The Labute approximate surface area is 143 Å². The number of carbonyl (C=O) groups is 1. The molecule has 1 aliphatic rings. The molecule has 2 N–H and O–H groups in total. The molecule has 1 aromatic carbocycles. The van der Waals surface area contributed by atoms with E-state index in [-0.39, 0.29) is 5.78 Å². The van der Waals surface area contributed by atoms with Crippen LogP contribution >= 0.6 is 11.6 Å². The minimum atomic E-state index is 0.0778. The van der Waals surface area contributed by atoms with Gasteiger partial charge in [-0.15, -0.1) is 0 Å². The highest BCUT2D eigenvalue weighted by atomic mass is 35.5. The molecule has 5 heteroatoms. The van der Waals surface area contributed by atoms with Gasteiger partial charge in [-0.3, -0.25) is 4.79 Å². The van der Waals surface area contributed by atoms with Gasteiger partial charge in [0.15, 0.2) is 5.78 Å². The summed E-state index contributed by atoms with van der Waals surface area (Å²) in [6.07, 6.45) is 6.43. The zero-order valence-corrected chi connectivity index (χ0v) is 14.7. The summed E-state index contributed by atoms with van der Waals surface area (Å²) in [5.74, 6) is 0.615. The molecule has 2 rings (SSSR count). The highest BCUT2D eigenvalue weighted by molar-refractivity contribution is 6.33. The monoisotopic (exact) mass is 338 g/mol. The first kappa shape index (κ1) is 18.1. The number of rotatable bonds is 8. The quantitative estimate of drug-likeness (QED) is 0.439. The molecule has 128 valence electrons. The van der Waals surface area contributed by atoms with Crippen molar-refractivity contribution >= 4 is 23.1 Å². The Morgan fingerprint density at radius 2 is 2.00 bits per heavy atom. The summed E-state index contributed by atoms with van der Waals surface area (Å²) in [6, 6.07) is 3.28. The van der Waals surface area contributed by atoms with E-state index in [0.29, 0.717) is 35.1 Å².